The maximum Gasteiger partial charge on any atom is 0.119 e. The van der Waals surface area contributed by atoms with E-state index in [2.05, 4.69) is 9.59 Å². The number of aliphatic hydroxyl groups excluding tert-OH is 1. The molecule has 16 heavy (non-hydrogen) atoms. The lowest BCUT2D eigenvalue weighted by molar-refractivity contribution is 0.223. The molecular formula is C11H12N2O2S. The van der Waals surface area contributed by atoms with E-state index in [0.717, 1.165) is 16.2 Å². The Morgan fingerprint density at radius 2 is 2.38 bits per heavy atom. The van der Waals surface area contributed by atoms with Crippen molar-refractivity contribution in [1.29, 1.82) is 0 Å². The molecule has 0 saturated heterocycles. The molecular weight excluding hydrogens is 224 g/mol. The lowest BCUT2D eigenvalue weighted by Gasteiger charge is -2.09. The minimum Gasteiger partial charge on any atom is -0.494 e. The highest BCUT2D eigenvalue weighted by molar-refractivity contribution is 7.05. The van der Waals surface area contributed by atoms with Crippen molar-refractivity contribution in [2.24, 2.45) is 0 Å². The number of hydrogen-bond donors (Lipinski definition) is 1. The number of aromatic nitrogens is 2. The van der Waals surface area contributed by atoms with Gasteiger partial charge in [0, 0.05) is 0 Å². The van der Waals surface area contributed by atoms with Crippen molar-refractivity contribution < 1.29 is 9.84 Å². The molecule has 0 aliphatic rings. The first-order valence-electron chi connectivity index (χ1n) is 4.99. The van der Waals surface area contributed by atoms with E-state index in [9.17, 15) is 5.11 Å². The maximum atomic E-state index is 10.0. The molecule has 0 spiro atoms. The van der Waals surface area contributed by atoms with Crippen LogP contribution in [0.15, 0.2) is 30.5 Å². The lowest BCUT2D eigenvalue weighted by atomic mass is 10.1. The van der Waals surface area contributed by atoms with Gasteiger partial charge in [-0.05, 0) is 36.2 Å². The van der Waals surface area contributed by atoms with Crippen LogP contribution in [0.2, 0.25) is 0 Å². The zero-order valence-electron chi connectivity index (χ0n) is 8.83. The van der Waals surface area contributed by atoms with Gasteiger partial charge in [-0.3, -0.25) is 0 Å². The molecule has 84 valence electrons. The summed E-state index contributed by atoms with van der Waals surface area (Å²) in [5.41, 5.74) is 0.789. The zero-order valence-corrected chi connectivity index (χ0v) is 9.65. The summed E-state index contributed by atoms with van der Waals surface area (Å²) in [6.07, 6.45) is 0.892. The fourth-order valence-electron chi connectivity index (χ4n) is 1.40. The molecule has 1 heterocycles. The Morgan fingerprint density at radius 1 is 1.50 bits per heavy atom. The fourth-order valence-corrected chi connectivity index (χ4v) is 1.92. The largest absolute Gasteiger partial charge is 0.494 e. The summed E-state index contributed by atoms with van der Waals surface area (Å²) in [5, 5.41) is 13.8. The Bertz CT molecular complexity index is 445. The smallest absolute Gasteiger partial charge is 0.119 e. The van der Waals surface area contributed by atoms with Gasteiger partial charge in [-0.15, -0.1) is 5.10 Å². The van der Waals surface area contributed by atoms with Gasteiger partial charge in [0.05, 0.1) is 17.7 Å². The van der Waals surface area contributed by atoms with E-state index < -0.39 is 6.10 Å². The van der Waals surface area contributed by atoms with Crippen LogP contribution in [-0.4, -0.2) is 21.3 Å². The van der Waals surface area contributed by atoms with Crippen LogP contribution in [-0.2, 0) is 0 Å². The highest BCUT2D eigenvalue weighted by Gasteiger charge is 2.13. The third kappa shape index (κ3) is 2.37. The normalized spacial score (nSPS) is 12.4. The number of hydrogen-bond acceptors (Lipinski definition) is 5. The van der Waals surface area contributed by atoms with Gasteiger partial charge in [0.1, 0.15) is 11.9 Å². The molecule has 1 aromatic carbocycles. The zero-order chi connectivity index (χ0) is 11.4. The average molecular weight is 236 g/mol. The number of aliphatic hydroxyl groups is 1. The third-order valence-corrected chi connectivity index (χ3v) is 2.85. The molecule has 2 rings (SSSR count). The summed E-state index contributed by atoms with van der Waals surface area (Å²) in [6.45, 7) is 2.54. The predicted molar refractivity (Wildman–Crippen MR) is 61.6 cm³/mol. The topological polar surface area (TPSA) is 55.2 Å². The highest BCUT2D eigenvalue weighted by atomic mass is 32.1. The van der Waals surface area contributed by atoms with E-state index in [-0.39, 0.29) is 0 Å². The molecule has 4 nitrogen and oxygen atoms in total. The van der Waals surface area contributed by atoms with Crippen LogP contribution in [0.1, 0.15) is 23.5 Å². The minimum atomic E-state index is -0.680. The molecule has 0 bridgehead atoms. The van der Waals surface area contributed by atoms with Gasteiger partial charge in [-0.1, -0.05) is 16.6 Å². The van der Waals surface area contributed by atoms with Crippen molar-refractivity contribution in [3.8, 4) is 5.75 Å². The van der Waals surface area contributed by atoms with Crippen LogP contribution >= 0.6 is 11.5 Å². The molecule has 1 atom stereocenters. The third-order valence-electron chi connectivity index (χ3n) is 2.13. The van der Waals surface area contributed by atoms with Crippen molar-refractivity contribution in [3.05, 3.63) is 40.9 Å². The fraction of sp³-hybridized carbons (Fsp3) is 0.273. The molecule has 5 heteroatoms. The lowest BCUT2D eigenvalue weighted by Crippen LogP contribution is -1.98. The van der Waals surface area contributed by atoms with E-state index in [1.54, 1.807) is 6.20 Å². The number of nitrogens with zero attached hydrogens (tertiary/aromatic N) is 2. The standard InChI is InChI=1S/C11H12N2O2S/c1-2-15-9-5-3-4-8(6-9)11(14)10-7-12-13-16-10/h3-7,11,14H,2H2,1H3. The first kappa shape index (κ1) is 11.0. The maximum absolute atomic E-state index is 10.0. The van der Waals surface area contributed by atoms with Crippen LogP contribution < -0.4 is 4.74 Å². The summed E-state index contributed by atoms with van der Waals surface area (Å²) >= 11 is 1.19. The quantitative estimate of drug-likeness (QED) is 0.882. The van der Waals surface area contributed by atoms with Gasteiger partial charge in [-0.25, -0.2) is 0 Å². The van der Waals surface area contributed by atoms with Gasteiger partial charge in [-0.2, -0.15) is 0 Å². The van der Waals surface area contributed by atoms with E-state index >= 15 is 0 Å². The molecule has 0 fully saturated rings. The summed E-state index contributed by atoms with van der Waals surface area (Å²) < 4.78 is 9.10. The molecule has 0 aliphatic carbocycles. The molecule has 1 unspecified atom stereocenters. The van der Waals surface area contributed by atoms with Crippen LogP contribution in [0.3, 0.4) is 0 Å². The summed E-state index contributed by atoms with van der Waals surface area (Å²) in [7, 11) is 0. The Kier molecular flexibility index (Phi) is 3.48. The van der Waals surface area contributed by atoms with E-state index in [1.165, 1.54) is 11.5 Å². The summed E-state index contributed by atoms with van der Waals surface area (Å²) in [4.78, 5) is 0.730. The second kappa shape index (κ2) is 5.05. The van der Waals surface area contributed by atoms with Crippen LogP contribution in [0.25, 0.3) is 0 Å². The van der Waals surface area contributed by atoms with Gasteiger partial charge >= 0.3 is 0 Å². The first-order valence-corrected chi connectivity index (χ1v) is 5.76. The van der Waals surface area contributed by atoms with Crippen molar-refractivity contribution in [1.82, 2.24) is 9.59 Å². The van der Waals surface area contributed by atoms with Crippen molar-refractivity contribution in [2.75, 3.05) is 6.61 Å². The van der Waals surface area contributed by atoms with E-state index in [1.807, 2.05) is 31.2 Å². The monoisotopic (exact) mass is 236 g/mol. The van der Waals surface area contributed by atoms with Crippen molar-refractivity contribution in [2.45, 2.75) is 13.0 Å². The first-order chi connectivity index (χ1) is 7.81. The Balaban J connectivity index is 2.23. The van der Waals surface area contributed by atoms with Gasteiger partial charge in [0.15, 0.2) is 0 Å². The van der Waals surface area contributed by atoms with Crippen LogP contribution in [0.4, 0.5) is 0 Å². The summed E-state index contributed by atoms with van der Waals surface area (Å²) in [5.74, 6) is 0.761. The number of benzene rings is 1. The minimum absolute atomic E-state index is 0.613. The Hall–Kier alpha value is -1.46. The summed E-state index contributed by atoms with van der Waals surface area (Å²) in [6, 6.07) is 7.41. The van der Waals surface area contributed by atoms with Crippen molar-refractivity contribution >= 4 is 11.5 Å². The average Bonchev–Trinajstić information content (AvgIpc) is 2.82. The number of ether oxygens (including phenoxy) is 1. The van der Waals surface area contributed by atoms with Crippen molar-refractivity contribution in [3.63, 3.8) is 0 Å². The highest BCUT2D eigenvalue weighted by Crippen LogP contribution is 2.26. The van der Waals surface area contributed by atoms with Crippen LogP contribution in [0.5, 0.6) is 5.75 Å². The SMILES string of the molecule is CCOc1cccc(C(O)c2cnns2)c1. The van der Waals surface area contributed by atoms with Crippen LogP contribution in [0, 0.1) is 0 Å². The Morgan fingerprint density at radius 3 is 3.06 bits per heavy atom. The molecule has 0 aliphatic heterocycles. The molecule has 2 aromatic rings. The van der Waals surface area contributed by atoms with Gasteiger partial charge in [0.25, 0.3) is 0 Å². The molecule has 1 aromatic heterocycles. The van der Waals surface area contributed by atoms with E-state index in [4.69, 9.17) is 4.74 Å². The second-order valence-corrected chi connectivity index (χ2v) is 4.05. The van der Waals surface area contributed by atoms with E-state index in [0.29, 0.717) is 6.61 Å². The van der Waals surface area contributed by atoms with Gasteiger partial charge < -0.3 is 9.84 Å². The Labute approximate surface area is 97.7 Å². The number of rotatable bonds is 4. The molecule has 0 saturated carbocycles. The molecule has 0 radical (unpaired) electrons. The molecule has 1 N–H and O–H groups in total. The predicted octanol–water partition coefficient (Wildman–Crippen LogP) is 2.02. The van der Waals surface area contributed by atoms with Gasteiger partial charge in [0.2, 0.25) is 0 Å². The second-order valence-electron chi connectivity index (χ2n) is 3.23. The molecule has 0 amide bonds.